The number of nitrogens with zero attached hydrogens (tertiary/aromatic N) is 4. The first-order chi connectivity index (χ1) is 23.1. The molecule has 48 heavy (non-hydrogen) atoms. The highest BCUT2D eigenvalue weighted by Gasteiger charge is 2.56. The Morgan fingerprint density at radius 1 is 0.875 bits per heavy atom. The van der Waals surface area contributed by atoms with Gasteiger partial charge in [-0.3, -0.25) is 24.1 Å². The average Bonchev–Trinajstić information content (AvgIpc) is 3.35. The van der Waals surface area contributed by atoms with E-state index in [1.165, 1.54) is 24.2 Å². The molecule has 4 atom stereocenters. The van der Waals surface area contributed by atoms with E-state index in [-0.39, 0.29) is 35.6 Å². The number of imide groups is 1. The van der Waals surface area contributed by atoms with Crippen LogP contribution in [0.25, 0.3) is 0 Å². The summed E-state index contributed by atoms with van der Waals surface area (Å²) in [6, 6.07) is 19.3. The topological polar surface area (TPSA) is 129 Å². The number of phenolic OH excluding ortho intramolecular Hbond substituents is 1. The van der Waals surface area contributed by atoms with Crippen molar-refractivity contribution in [2.24, 2.45) is 28.0 Å². The van der Waals surface area contributed by atoms with Crippen molar-refractivity contribution in [1.29, 1.82) is 0 Å². The molecule has 3 aromatic carbocycles. The van der Waals surface area contributed by atoms with Crippen LogP contribution in [-0.4, -0.2) is 49.7 Å². The van der Waals surface area contributed by atoms with Gasteiger partial charge in [-0.25, -0.2) is 0 Å². The third-order valence-corrected chi connectivity index (χ3v) is 9.87. The molecule has 4 aliphatic rings. The molecule has 0 radical (unpaired) electrons. The number of hydrogen-bond acceptors (Lipinski definition) is 9. The van der Waals surface area contributed by atoms with Crippen LogP contribution in [0, 0.1) is 17.8 Å². The average molecular weight is 643 g/mol. The number of ketones is 2. The molecule has 2 amide bonds. The van der Waals surface area contributed by atoms with Crippen LogP contribution in [0.2, 0.25) is 0 Å². The Morgan fingerprint density at radius 2 is 1.54 bits per heavy atom. The Hall–Kier alpha value is -5.64. The number of allylic oxidation sites excluding steroid dienone is 6. The molecule has 7 rings (SSSR count). The summed E-state index contributed by atoms with van der Waals surface area (Å²) in [6.07, 6.45) is 3.72. The van der Waals surface area contributed by atoms with Crippen molar-refractivity contribution in [2.45, 2.75) is 25.7 Å². The maximum absolute atomic E-state index is 14.2. The number of anilines is 2. The van der Waals surface area contributed by atoms with Crippen LogP contribution in [-0.2, 0) is 19.2 Å². The monoisotopic (exact) mass is 642 g/mol. The number of aromatic hydroxyl groups is 1. The standard InChI is InChI=1S/C38H34N4O6/c1-20-17-31(43)30-19-29-26(33(35(30)36(20)45)27-14-13-25(48-4)18-32(27)44)15-16-28-34(29)38(47)42(37(28)46)24-11-7-22(8-12-24)40-39-21-5-9-23(10-6-21)41(2)3/h5-15,17-18,28-29,33-34,44H,16,19H2,1-4H3. The van der Waals surface area contributed by atoms with Gasteiger partial charge in [-0.1, -0.05) is 17.7 Å². The Labute approximate surface area is 277 Å². The summed E-state index contributed by atoms with van der Waals surface area (Å²) < 4.78 is 5.28. The molecule has 0 bridgehead atoms. The van der Waals surface area contributed by atoms with E-state index in [2.05, 4.69) is 10.2 Å². The molecule has 1 N–H and O–H groups in total. The Kier molecular flexibility index (Phi) is 7.66. The second-order valence-electron chi connectivity index (χ2n) is 12.8. The Bertz CT molecular complexity index is 2010. The van der Waals surface area contributed by atoms with Crippen molar-refractivity contribution in [2.75, 3.05) is 31.0 Å². The highest BCUT2D eigenvalue weighted by Crippen LogP contribution is 2.56. The van der Waals surface area contributed by atoms with Crippen molar-refractivity contribution in [1.82, 2.24) is 0 Å². The van der Waals surface area contributed by atoms with Crippen LogP contribution in [0.3, 0.4) is 0 Å². The van der Waals surface area contributed by atoms with Gasteiger partial charge < -0.3 is 14.7 Å². The number of ether oxygens (including phenoxy) is 1. The minimum Gasteiger partial charge on any atom is -0.507 e. The van der Waals surface area contributed by atoms with Gasteiger partial charge in [-0.05, 0) is 86.4 Å². The lowest BCUT2D eigenvalue weighted by molar-refractivity contribution is -0.123. The van der Waals surface area contributed by atoms with Gasteiger partial charge in [0, 0.05) is 54.0 Å². The van der Waals surface area contributed by atoms with E-state index in [1.54, 1.807) is 43.3 Å². The highest BCUT2D eigenvalue weighted by molar-refractivity contribution is 6.25. The number of azo groups is 1. The number of methoxy groups -OCH3 is 1. The third-order valence-electron chi connectivity index (χ3n) is 9.87. The van der Waals surface area contributed by atoms with Gasteiger partial charge in [0.2, 0.25) is 11.8 Å². The first-order valence-electron chi connectivity index (χ1n) is 15.8. The van der Waals surface area contributed by atoms with Gasteiger partial charge in [-0.2, -0.15) is 10.2 Å². The number of carbonyl (C=O) groups excluding carboxylic acids is 4. The molecule has 0 aromatic heterocycles. The molecule has 1 saturated heterocycles. The van der Waals surface area contributed by atoms with Crippen LogP contribution in [0.4, 0.5) is 22.7 Å². The zero-order chi connectivity index (χ0) is 33.9. The van der Waals surface area contributed by atoms with Crippen LogP contribution >= 0.6 is 0 Å². The number of fused-ring (bicyclic) bond motifs is 3. The predicted molar refractivity (Wildman–Crippen MR) is 180 cm³/mol. The molecule has 4 unspecified atom stereocenters. The Morgan fingerprint density at radius 3 is 2.17 bits per heavy atom. The number of phenols is 1. The lowest BCUT2D eigenvalue weighted by atomic mass is 9.59. The fourth-order valence-corrected chi connectivity index (χ4v) is 7.47. The van der Waals surface area contributed by atoms with Gasteiger partial charge in [-0.15, -0.1) is 0 Å². The van der Waals surface area contributed by atoms with Crippen molar-refractivity contribution in [3.8, 4) is 11.5 Å². The molecular formula is C38H34N4O6. The maximum Gasteiger partial charge on any atom is 0.238 e. The molecule has 3 aliphatic carbocycles. The zero-order valence-corrected chi connectivity index (χ0v) is 27.0. The molecule has 0 spiro atoms. The van der Waals surface area contributed by atoms with Crippen LogP contribution in [0.5, 0.6) is 11.5 Å². The van der Waals surface area contributed by atoms with E-state index in [4.69, 9.17) is 4.74 Å². The number of hydrogen-bond donors (Lipinski definition) is 1. The first kappa shape index (κ1) is 31.0. The summed E-state index contributed by atoms with van der Waals surface area (Å²) in [5, 5.41) is 19.7. The summed E-state index contributed by atoms with van der Waals surface area (Å²) in [5.74, 6) is -3.43. The molecule has 3 aromatic rings. The second kappa shape index (κ2) is 11.9. The second-order valence-corrected chi connectivity index (χ2v) is 12.8. The van der Waals surface area contributed by atoms with Crippen LogP contribution in [0.1, 0.15) is 31.2 Å². The van der Waals surface area contributed by atoms with Gasteiger partial charge in [0.05, 0.1) is 36.0 Å². The summed E-state index contributed by atoms with van der Waals surface area (Å²) in [7, 11) is 5.42. The highest BCUT2D eigenvalue weighted by atomic mass is 16.5. The quantitative estimate of drug-likeness (QED) is 0.140. The fourth-order valence-electron chi connectivity index (χ4n) is 7.47. The summed E-state index contributed by atoms with van der Waals surface area (Å²) >= 11 is 0. The van der Waals surface area contributed by atoms with Crippen molar-refractivity contribution >= 4 is 46.1 Å². The van der Waals surface area contributed by atoms with E-state index >= 15 is 0 Å². The molecule has 10 heteroatoms. The Balaban J connectivity index is 1.20. The number of benzene rings is 3. The molecule has 1 aliphatic heterocycles. The summed E-state index contributed by atoms with van der Waals surface area (Å²) in [5.41, 5.74) is 4.93. The summed E-state index contributed by atoms with van der Waals surface area (Å²) in [6.45, 7) is 1.61. The lowest BCUT2D eigenvalue weighted by Crippen LogP contribution is -2.39. The summed E-state index contributed by atoms with van der Waals surface area (Å²) in [4.78, 5) is 58.3. The SMILES string of the molecule is COc1ccc(C2C3=CCC4C(=O)N(c5ccc(N=Nc6ccc(N(C)C)cc6)cc5)C(=O)C4C3CC3=C2C(=O)C(C)=CC3=O)c(O)c1. The van der Waals surface area contributed by atoms with Crippen molar-refractivity contribution in [3.05, 3.63) is 107 Å². The normalized spacial score (nSPS) is 23.5. The molecule has 10 nitrogen and oxygen atoms in total. The van der Waals surface area contributed by atoms with Crippen LogP contribution in [0.15, 0.2) is 111 Å². The van der Waals surface area contributed by atoms with E-state index in [0.29, 0.717) is 51.5 Å². The number of Topliss-reactive ketones (excluding diaryl/α,β-unsaturated/α-hetero) is 1. The largest absolute Gasteiger partial charge is 0.507 e. The molecule has 242 valence electrons. The zero-order valence-electron chi connectivity index (χ0n) is 27.0. The van der Waals surface area contributed by atoms with Gasteiger partial charge in [0.25, 0.3) is 0 Å². The molecular weight excluding hydrogens is 608 g/mol. The minimum atomic E-state index is -0.744. The van der Waals surface area contributed by atoms with Gasteiger partial charge in [0.15, 0.2) is 11.6 Å². The minimum absolute atomic E-state index is 0.0828. The predicted octanol–water partition coefficient (Wildman–Crippen LogP) is 6.52. The lowest BCUT2D eigenvalue weighted by Gasteiger charge is -2.42. The van der Waals surface area contributed by atoms with E-state index in [1.807, 2.05) is 49.3 Å². The van der Waals surface area contributed by atoms with Crippen LogP contribution < -0.4 is 14.5 Å². The number of carbonyl (C=O) groups is 4. The third kappa shape index (κ3) is 5.04. The molecule has 1 fully saturated rings. The smallest absolute Gasteiger partial charge is 0.238 e. The maximum atomic E-state index is 14.2. The van der Waals surface area contributed by atoms with E-state index in [9.17, 15) is 24.3 Å². The van der Waals surface area contributed by atoms with Gasteiger partial charge in [0.1, 0.15) is 11.5 Å². The van der Waals surface area contributed by atoms with Crippen molar-refractivity contribution in [3.63, 3.8) is 0 Å². The van der Waals surface area contributed by atoms with Crippen molar-refractivity contribution < 1.29 is 29.0 Å². The number of amides is 2. The van der Waals surface area contributed by atoms with Gasteiger partial charge >= 0.3 is 0 Å². The first-order valence-corrected chi connectivity index (χ1v) is 15.8. The molecule has 1 heterocycles. The number of rotatable bonds is 6. The molecule has 0 saturated carbocycles. The fraction of sp³-hybridized carbons (Fsp3) is 0.263. The van der Waals surface area contributed by atoms with E-state index < -0.39 is 23.7 Å². The van der Waals surface area contributed by atoms with E-state index in [0.717, 1.165) is 11.3 Å².